The van der Waals surface area contributed by atoms with Crippen LogP contribution >= 0.6 is 0 Å². The summed E-state index contributed by atoms with van der Waals surface area (Å²) in [7, 11) is -3.78. The standard InChI is InChI=1S/C13H19FN2O2S/c1-13(2)9-16(8-7-12(13)15)19(17,18)11-6-4-3-5-10(11)14/h3-6,12H,7-9,15H2,1-2H3. The summed E-state index contributed by atoms with van der Waals surface area (Å²) >= 11 is 0. The van der Waals surface area contributed by atoms with Gasteiger partial charge in [0.05, 0.1) is 0 Å². The van der Waals surface area contributed by atoms with Crippen molar-refractivity contribution in [3.63, 3.8) is 0 Å². The fourth-order valence-electron chi connectivity index (χ4n) is 2.32. The molecule has 1 fully saturated rings. The molecule has 2 rings (SSSR count). The van der Waals surface area contributed by atoms with E-state index in [1.54, 1.807) is 0 Å². The summed E-state index contributed by atoms with van der Waals surface area (Å²) in [5.74, 6) is -0.713. The summed E-state index contributed by atoms with van der Waals surface area (Å²) in [6.45, 7) is 4.51. The normalized spacial score (nSPS) is 24.3. The first-order chi connectivity index (χ1) is 8.75. The first-order valence-corrected chi connectivity index (χ1v) is 7.69. The van der Waals surface area contributed by atoms with Crippen LogP contribution in [0.25, 0.3) is 0 Å². The fourth-order valence-corrected chi connectivity index (χ4v) is 4.01. The molecule has 4 nitrogen and oxygen atoms in total. The molecule has 0 bridgehead atoms. The second kappa shape index (κ2) is 4.85. The van der Waals surface area contributed by atoms with Gasteiger partial charge in [0.15, 0.2) is 0 Å². The third kappa shape index (κ3) is 2.66. The quantitative estimate of drug-likeness (QED) is 0.897. The zero-order chi connectivity index (χ0) is 14.3. The van der Waals surface area contributed by atoms with E-state index in [1.807, 2.05) is 13.8 Å². The van der Waals surface area contributed by atoms with Gasteiger partial charge < -0.3 is 5.73 Å². The molecule has 1 unspecified atom stereocenters. The van der Waals surface area contributed by atoms with Gasteiger partial charge in [-0.1, -0.05) is 26.0 Å². The molecule has 0 aromatic heterocycles. The predicted octanol–water partition coefficient (Wildman–Crippen LogP) is 1.57. The summed E-state index contributed by atoms with van der Waals surface area (Å²) in [6.07, 6.45) is 0.584. The van der Waals surface area contributed by atoms with Gasteiger partial charge in [0.2, 0.25) is 10.0 Å². The number of hydrogen-bond donors (Lipinski definition) is 1. The highest BCUT2D eigenvalue weighted by atomic mass is 32.2. The summed E-state index contributed by atoms with van der Waals surface area (Å²) in [5.41, 5.74) is 5.68. The average molecular weight is 286 g/mol. The largest absolute Gasteiger partial charge is 0.327 e. The van der Waals surface area contributed by atoms with Crippen molar-refractivity contribution in [3.8, 4) is 0 Å². The van der Waals surface area contributed by atoms with E-state index in [0.29, 0.717) is 19.5 Å². The van der Waals surface area contributed by atoms with Gasteiger partial charge in [0.1, 0.15) is 10.7 Å². The SMILES string of the molecule is CC1(C)CN(S(=O)(=O)c2ccccc2F)CCC1N. The molecule has 106 valence electrons. The average Bonchev–Trinajstić information content (AvgIpc) is 2.32. The van der Waals surface area contributed by atoms with Gasteiger partial charge in [-0.25, -0.2) is 12.8 Å². The molecule has 1 saturated heterocycles. The van der Waals surface area contributed by atoms with Gasteiger partial charge >= 0.3 is 0 Å². The van der Waals surface area contributed by atoms with E-state index in [-0.39, 0.29) is 16.4 Å². The summed E-state index contributed by atoms with van der Waals surface area (Å²) in [6, 6.07) is 5.42. The Balaban J connectivity index is 2.34. The van der Waals surface area contributed by atoms with Crippen molar-refractivity contribution in [2.24, 2.45) is 11.1 Å². The molecule has 0 spiro atoms. The van der Waals surface area contributed by atoms with Crippen molar-refractivity contribution in [1.29, 1.82) is 0 Å². The van der Waals surface area contributed by atoms with Gasteiger partial charge in [-0.15, -0.1) is 0 Å². The van der Waals surface area contributed by atoms with Crippen molar-refractivity contribution in [2.75, 3.05) is 13.1 Å². The van der Waals surface area contributed by atoms with Crippen molar-refractivity contribution in [1.82, 2.24) is 4.31 Å². The molecule has 0 radical (unpaired) electrons. The first-order valence-electron chi connectivity index (χ1n) is 6.25. The highest BCUT2D eigenvalue weighted by molar-refractivity contribution is 7.89. The van der Waals surface area contributed by atoms with E-state index < -0.39 is 15.8 Å². The van der Waals surface area contributed by atoms with E-state index in [0.717, 1.165) is 6.07 Å². The Morgan fingerprint density at radius 2 is 2.00 bits per heavy atom. The molecule has 0 amide bonds. The van der Waals surface area contributed by atoms with E-state index in [1.165, 1.54) is 22.5 Å². The van der Waals surface area contributed by atoms with Crippen molar-refractivity contribution in [2.45, 2.75) is 31.2 Å². The zero-order valence-electron chi connectivity index (χ0n) is 11.1. The Hall–Kier alpha value is -0.980. The summed E-state index contributed by atoms with van der Waals surface area (Å²) in [5, 5.41) is 0. The second-order valence-electron chi connectivity index (χ2n) is 5.65. The Labute approximate surface area is 113 Å². The zero-order valence-corrected chi connectivity index (χ0v) is 12.0. The first kappa shape index (κ1) is 14.4. The third-order valence-corrected chi connectivity index (χ3v) is 5.61. The lowest BCUT2D eigenvalue weighted by atomic mass is 9.81. The minimum absolute atomic E-state index is 0.0421. The van der Waals surface area contributed by atoms with E-state index in [9.17, 15) is 12.8 Å². The fraction of sp³-hybridized carbons (Fsp3) is 0.538. The van der Waals surface area contributed by atoms with Crippen LogP contribution in [-0.2, 0) is 10.0 Å². The highest BCUT2D eigenvalue weighted by Crippen LogP contribution is 2.31. The van der Waals surface area contributed by atoms with Crippen LogP contribution in [0, 0.1) is 11.2 Å². The summed E-state index contributed by atoms with van der Waals surface area (Å²) in [4.78, 5) is -0.263. The van der Waals surface area contributed by atoms with Crippen LogP contribution in [0.2, 0.25) is 0 Å². The lowest BCUT2D eigenvalue weighted by Crippen LogP contribution is -2.53. The molecule has 2 N–H and O–H groups in total. The minimum atomic E-state index is -3.78. The number of sulfonamides is 1. The van der Waals surface area contributed by atoms with Gasteiger partial charge in [-0.05, 0) is 24.0 Å². The van der Waals surface area contributed by atoms with Crippen LogP contribution in [0.15, 0.2) is 29.2 Å². The number of nitrogens with two attached hydrogens (primary N) is 1. The number of piperidine rings is 1. The van der Waals surface area contributed by atoms with Crippen molar-refractivity contribution in [3.05, 3.63) is 30.1 Å². The van der Waals surface area contributed by atoms with E-state index in [4.69, 9.17) is 5.73 Å². The number of rotatable bonds is 2. The van der Waals surface area contributed by atoms with E-state index >= 15 is 0 Å². The van der Waals surface area contributed by atoms with Crippen LogP contribution in [0.5, 0.6) is 0 Å². The topological polar surface area (TPSA) is 63.4 Å². The Bertz CT molecular complexity index is 572. The van der Waals surface area contributed by atoms with Gasteiger partial charge in [0, 0.05) is 19.1 Å². The number of benzene rings is 1. The van der Waals surface area contributed by atoms with Crippen molar-refractivity contribution < 1.29 is 12.8 Å². The van der Waals surface area contributed by atoms with Crippen LogP contribution < -0.4 is 5.73 Å². The molecular weight excluding hydrogens is 267 g/mol. The van der Waals surface area contributed by atoms with Crippen LogP contribution in [0.1, 0.15) is 20.3 Å². The molecule has 0 aliphatic carbocycles. The smallest absolute Gasteiger partial charge is 0.246 e. The molecule has 1 atom stereocenters. The molecule has 6 heteroatoms. The molecular formula is C13H19FN2O2S. The number of nitrogens with zero attached hydrogens (tertiary/aromatic N) is 1. The molecule has 1 aromatic carbocycles. The molecule has 1 heterocycles. The lowest BCUT2D eigenvalue weighted by Gasteiger charge is -2.41. The molecule has 1 aromatic rings. The highest BCUT2D eigenvalue weighted by Gasteiger charge is 2.39. The Morgan fingerprint density at radius 1 is 1.37 bits per heavy atom. The predicted molar refractivity (Wildman–Crippen MR) is 71.5 cm³/mol. The number of hydrogen-bond acceptors (Lipinski definition) is 3. The van der Waals surface area contributed by atoms with Crippen LogP contribution in [-0.4, -0.2) is 31.9 Å². The van der Waals surface area contributed by atoms with Gasteiger partial charge in [0.25, 0.3) is 0 Å². The maximum Gasteiger partial charge on any atom is 0.246 e. The molecule has 1 aliphatic rings. The monoisotopic (exact) mass is 286 g/mol. The van der Waals surface area contributed by atoms with Gasteiger partial charge in [-0.3, -0.25) is 0 Å². The molecule has 1 aliphatic heterocycles. The van der Waals surface area contributed by atoms with Crippen LogP contribution in [0.4, 0.5) is 4.39 Å². The number of halogens is 1. The van der Waals surface area contributed by atoms with Crippen molar-refractivity contribution >= 4 is 10.0 Å². The van der Waals surface area contributed by atoms with E-state index in [2.05, 4.69) is 0 Å². The molecule has 19 heavy (non-hydrogen) atoms. The maximum absolute atomic E-state index is 13.7. The lowest BCUT2D eigenvalue weighted by molar-refractivity contribution is 0.155. The minimum Gasteiger partial charge on any atom is -0.327 e. The van der Waals surface area contributed by atoms with Gasteiger partial charge in [-0.2, -0.15) is 4.31 Å². The third-order valence-electron chi connectivity index (χ3n) is 3.73. The maximum atomic E-state index is 13.7. The molecule has 0 saturated carbocycles. The van der Waals surface area contributed by atoms with Crippen LogP contribution in [0.3, 0.4) is 0 Å². The Kier molecular flexibility index (Phi) is 3.68. The summed E-state index contributed by atoms with van der Waals surface area (Å²) < 4.78 is 39.9. The second-order valence-corrected chi connectivity index (χ2v) is 7.56. The Morgan fingerprint density at radius 3 is 2.58 bits per heavy atom.